The predicted molar refractivity (Wildman–Crippen MR) is 92.4 cm³/mol. The molecule has 0 radical (unpaired) electrons. The van der Waals surface area contributed by atoms with E-state index < -0.39 is 0 Å². The van der Waals surface area contributed by atoms with Crippen molar-refractivity contribution in [2.24, 2.45) is 5.92 Å². The Labute approximate surface area is 133 Å². The third kappa shape index (κ3) is 3.91. The number of halogens is 1. The van der Waals surface area contributed by atoms with E-state index in [-0.39, 0.29) is 5.38 Å². The summed E-state index contributed by atoms with van der Waals surface area (Å²) in [6.45, 7) is 4.47. The van der Waals surface area contributed by atoms with Gasteiger partial charge >= 0.3 is 0 Å². The lowest BCUT2D eigenvalue weighted by atomic mass is 9.90. The minimum absolute atomic E-state index is 0.108. The van der Waals surface area contributed by atoms with Crippen molar-refractivity contribution in [2.75, 3.05) is 7.11 Å². The number of rotatable bonds is 7. The molecule has 21 heavy (non-hydrogen) atoms. The maximum Gasteiger partial charge on any atom is 0.119 e. The number of hydrogen-bond donors (Lipinski definition) is 0. The second-order valence-corrected chi connectivity index (χ2v) is 6.18. The molecule has 0 aliphatic heterocycles. The van der Waals surface area contributed by atoms with Crippen LogP contribution in [0.1, 0.15) is 50.5 Å². The predicted octanol–water partition coefficient (Wildman–Crippen LogP) is 6.34. The number of ether oxygens (including phenoxy) is 1. The molecule has 2 heteroatoms. The Morgan fingerprint density at radius 2 is 1.57 bits per heavy atom. The fraction of sp³-hybridized carbons (Fsp3) is 0.474. The molecule has 114 valence electrons. The normalized spacial score (nSPS) is 12.8. The van der Waals surface area contributed by atoms with E-state index in [9.17, 15) is 0 Å². The molecule has 0 fully saturated rings. The Bertz CT molecular complexity index is 573. The lowest BCUT2D eigenvalue weighted by Gasteiger charge is -2.22. The van der Waals surface area contributed by atoms with Crippen molar-refractivity contribution in [3.05, 3.63) is 42.0 Å². The molecule has 0 amide bonds. The third-order valence-corrected chi connectivity index (χ3v) is 4.73. The van der Waals surface area contributed by atoms with Crippen LogP contribution in [0.15, 0.2) is 36.4 Å². The highest BCUT2D eigenvalue weighted by molar-refractivity contribution is 6.21. The van der Waals surface area contributed by atoms with E-state index in [0.29, 0.717) is 5.92 Å². The summed E-state index contributed by atoms with van der Waals surface area (Å²) in [6, 6.07) is 12.7. The number of fused-ring (bicyclic) bond motifs is 1. The van der Waals surface area contributed by atoms with Crippen molar-refractivity contribution in [1.82, 2.24) is 0 Å². The average Bonchev–Trinajstić information content (AvgIpc) is 2.53. The molecule has 2 aromatic carbocycles. The molecule has 0 aliphatic carbocycles. The highest BCUT2D eigenvalue weighted by atomic mass is 35.5. The Kier molecular flexibility index (Phi) is 5.93. The Morgan fingerprint density at radius 3 is 2.19 bits per heavy atom. The Balaban J connectivity index is 2.28. The van der Waals surface area contributed by atoms with Crippen molar-refractivity contribution in [2.45, 2.75) is 44.9 Å². The van der Waals surface area contributed by atoms with Crippen molar-refractivity contribution >= 4 is 22.4 Å². The largest absolute Gasteiger partial charge is 0.497 e. The van der Waals surface area contributed by atoms with Crippen molar-refractivity contribution in [3.8, 4) is 5.75 Å². The second-order valence-electron chi connectivity index (χ2n) is 5.71. The molecule has 0 bridgehead atoms. The molecule has 0 saturated carbocycles. The molecule has 1 atom stereocenters. The summed E-state index contributed by atoms with van der Waals surface area (Å²) in [5.74, 6) is 1.46. The van der Waals surface area contributed by atoms with Crippen LogP contribution in [0.3, 0.4) is 0 Å². The summed E-state index contributed by atoms with van der Waals surface area (Å²) in [6.07, 6.45) is 4.78. The van der Waals surface area contributed by atoms with Gasteiger partial charge in [-0.25, -0.2) is 0 Å². The zero-order valence-electron chi connectivity index (χ0n) is 13.2. The zero-order chi connectivity index (χ0) is 15.2. The highest BCUT2D eigenvalue weighted by Crippen LogP contribution is 2.36. The molecule has 2 aromatic rings. The van der Waals surface area contributed by atoms with Gasteiger partial charge in [0.25, 0.3) is 0 Å². The summed E-state index contributed by atoms with van der Waals surface area (Å²) < 4.78 is 5.28. The van der Waals surface area contributed by atoms with Crippen LogP contribution in [0.2, 0.25) is 0 Å². The van der Waals surface area contributed by atoms with Gasteiger partial charge < -0.3 is 4.74 Å². The molecule has 2 rings (SSSR count). The number of methoxy groups -OCH3 is 1. The summed E-state index contributed by atoms with van der Waals surface area (Å²) in [4.78, 5) is 0. The molecular weight excluding hydrogens is 280 g/mol. The van der Waals surface area contributed by atoms with Gasteiger partial charge in [0.15, 0.2) is 0 Å². The third-order valence-electron chi connectivity index (χ3n) is 4.12. The average molecular weight is 305 g/mol. The van der Waals surface area contributed by atoms with Crippen molar-refractivity contribution < 1.29 is 4.74 Å². The minimum Gasteiger partial charge on any atom is -0.497 e. The summed E-state index contributed by atoms with van der Waals surface area (Å²) in [5, 5.41) is 2.53. The molecule has 1 nitrogen and oxygen atoms in total. The van der Waals surface area contributed by atoms with Crippen molar-refractivity contribution in [1.29, 1.82) is 0 Å². The molecule has 0 N–H and O–H groups in total. The maximum absolute atomic E-state index is 6.76. The van der Waals surface area contributed by atoms with Crippen LogP contribution in [0.5, 0.6) is 5.75 Å². The fourth-order valence-corrected chi connectivity index (χ4v) is 3.38. The van der Waals surface area contributed by atoms with Crippen LogP contribution in [0, 0.1) is 5.92 Å². The van der Waals surface area contributed by atoms with E-state index in [1.165, 1.54) is 42.0 Å². The van der Waals surface area contributed by atoms with Crippen LogP contribution in [0.4, 0.5) is 0 Å². The van der Waals surface area contributed by atoms with Gasteiger partial charge in [-0.05, 0) is 53.3 Å². The Morgan fingerprint density at radius 1 is 0.952 bits per heavy atom. The lowest BCUT2D eigenvalue weighted by Crippen LogP contribution is -2.08. The van der Waals surface area contributed by atoms with Gasteiger partial charge in [0.2, 0.25) is 0 Å². The lowest BCUT2D eigenvalue weighted by molar-refractivity contribution is 0.415. The number of benzene rings is 2. The quantitative estimate of drug-likeness (QED) is 0.542. The van der Waals surface area contributed by atoms with Crippen LogP contribution in [0.25, 0.3) is 10.8 Å². The summed E-state index contributed by atoms with van der Waals surface area (Å²) >= 11 is 6.76. The van der Waals surface area contributed by atoms with Gasteiger partial charge in [-0.15, -0.1) is 11.6 Å². The van der Waals surface area contributed by atoms with E-state index in [0.717, 1.165) is 5.75 Å². The van der Waals surface area contributed by atoms with E-state index in [4.69, 9.17) is 16.3 Å². The molecule has 0 saturated heterocycles. The molecular formula is C19H25ClO. The van der Waals surface area contributed by atoms with Crippen LogP contribution >= 0.6 is 11.6 Å². The molecule has 0 heterocycles. The zero-order valence-corrected chi connectivity index (χ0v) is 14.0. The number of hydrogen-bond acceptors (Lipinski definition) is 1. The first-order valence-corrected chi connectivity index (χ1v) is 8.35. The van der Waals surface area contributed by atoms with Gasteiger partial charge in [-0.1, -0.05) is 44.9 Å². The van der Waals surface area contributed by atoms with Crippen LogP contribution in [-0.2, 0) is 0 Å². The number of alkyl halides is 1. The second kappa shape index (κ2) is 7.70. The van der Waals surface area contributed by atoms with Crippen LogP contribution in [-0.4, -0.2) is 7.11 Å². The van der Waals surface area contributed by atoms with Gasteiger partial charge in [-0.2, -0.15) is 0 Å². The van der Waals surface area contributed by atoms with Gasteiger partial charge in [0.1, 0.15) is 5.75 Å². The first-order chi connectivity index (χ1) is 10.2. The molecule has 0 aromatic heterocycles. The standard InChI is InChI=1S/C19H25ClO/c1-4-6-14(7-5-2)19(20)17-9-8-16-13-18(21-3)11-10-15(16)12-17/h8-14,19H,4-7H2,1-3H3. The van der Waals surface area contributed by atoms with Gasteiger partial charge in [-0.3, -0.25) is 0 Å². The maximum atomic E-state index is 6.76. The first-order valence-electron chi connectivity index (χ1n) is 7.91. The fourth-order valence-electron chi connectivity index (χ4n) is 2.99. The summed E-state index contributed by atoms with van der Waals surface area (Å²) in [5.41, 5.74) is 1.24. The first kappa shape index (κ1) is 16.2. The van der Waals surface area contributed by atoms with Crippen LogP contribution < -0.4 is 4.74 Å². The van der Waals surface area contributed by atoms with Crippen molar-refractivity contribution in [3.63, 3.8) is 0 Å². The SMILES string of the molecule is CCCC(CCC)C(Cl)c1ccc2cc(OC)ccc2c1. The Hall–Kier alpha value is -1.21. The summed E-state index contributed by atoms with van der Waals surface area (Å²) in [7, 11) is 1.70. The van der Waals surface area contributed by atoms with E-state index in [1.54, 1.807) is 7.11 Å². The van der Waals surface area contributed by atoms with Gasteiger partial charge in [0, 0.05) is 0 Å². The monoisotopic (exact) mass is 304 g/mol. The smallest absolute Gasteiger partial charge is 0.119 e. The molecule has 0 spiro atoms. The topological polar surface area (TPSA) is 9.23 Å². The highest BCUT2D eigenvalue weighted by Gasteiger charge is 2.19. The minimum atomic E-state index is 0.108. The van der Waals surface area contributed by atoms with E-state index >= 15 is 0 Å². The van der Waals surface area contributed by atoms with E-state index in [1.807, 2.05) is 6.07 Å². The van der Waals surface area contributed by atoms with E-state index in [2.05, 4.69) is 44.2 Å². The molecule has 1 unspecified atom stereocenters. The molecule has 0 aliphatic rings. The van der Waals surface area contributed by atoms with Gasteiger partial charge in [0.05, 0.1) is 12.5 Å².